The molecule has 1 heterocycles. The summed E-state index contributed by atoms with van der Waals surface area (Å²) < 4.78 is 33.5. The maximum Gasteiger partial charge on any atom is 0.264 e. The number of rotatable bonds is 10. The first-order valence-electron chi connectivity index (χ1n) is 10.3. The molecule has 0 bridgehead atoms. The molecule has 0 radical (unpaired) electrons. The molecule has 33 heavy (non-hydrogen) atoms. The lowest BCUT2D eigenvalue weighted by atomic mass is 10.1. The van der Waals surface area contributed by atoms with E-state index in [4.69, 9.17) is 4.74 Å². The molecule has 1 N–H and O–H groups in total. The van der Waals surface area contributed by atoms with Crippen molar-refractivity contribution in [3.8, 4) is 5.75 Å². The Labute approximate surface area is 198 Å². The van der Waals surface area contributed by atoms with Crippen molar-refractivity contribution in [3.63, 3.8) is 0 Å². The average Bonchev–Trinajstić information content (AvgIpc) is 3.23. The number of methoxy groups -OCH3 is 1. The number of nitrogens with one attached hydrogen (secondary N) is 1. The van der Waals surface area contributed by atoms with Crippen LogP contribution in [0.25, 0.3) is 0 Å². The summed E-state index contributed by atoms with van der Waals surface area (Å²) in [5.41, 5.74) is 0.566. The quantitative estimate of drug-likeness (QED) is 0.427. The van der Waals surface area contributed by atoms with E-state index in [0.717, 1.165) is 11.4 Å². The Kier molecular flexibility index (Phi) is 7.83. The van der Waals surface area contributed by atoms with Gasteiger partial charge in [0.1, 0.15) is 10.8 Å². The van der Waals surface area contributed by atoms with E-state index >= 15 is 0 Å². The predicted octanol–water partition coefficient (Wildman–Crippen LogP) is 4.38. The third-order valence-corrected chi connectivity index (χ3v) is 7.24. The Hall–Kier alpha value is -3.24. The molecule has 0 saturated heterocycles. The van der Waals surface area contributed by atoms with Crippen molar-refractivity contribution in [2.75, 3.05) is 23.3 Å². The minimum Gasteiger partial charge on any atom is -0.495 e. The minimum absolute atomic E-state index is 0.0272. The van der Waals surface area contributed by atoms with Gasteiger partial charge in [0.05, 0.1) is 24.2 Å². The third-order valence-electron chi connectivity index (χ3n) is 4.60. The smallest absolute Gasteiger partial charge is 0.264 e. The van der Waals surface area contributed by atoms with Gasteiger partial charge in [-0.1, -0.05) is 49.5 Å². The molecule has 0 aliphatic carbocycles. The molecule has 0 atom stereocenters. The van der Waals surface area contributed by atoms with Gasteiger partial charge >= 0.3 is 0 Å². The molecular formula is C23H26N4O4S2. The second-order valence-corrected chi connectivity index (χ2v) is 10.5. The summed E-state index contributed by atoms with van der Waals surface area (Å²) in [6.45, 7) is 7.86. The van der Waals surface area contributed by atoms with Crippen molar-refractivity contribution in [2.45, 2.75) is 25.2 Å². The van der Waals surface area contributed by atoms with Gasteiger partial charge in [0.15, 0.2) is 0 Å². The molecule has 174 valence electrons. The van der Waals surface area contributed by atoms with Crippen molar-refractivity contribution in [1.29, 1.82) is 0 Å². The molecule has 0 saturated carbocycles. The van der Waals surface area contributed by atoms with Crippen LogP contribution in [0, 0.1) is 5.92 Å². The fraction of sp³-hybridized carbons (Fsp3) is 0.261. The molecule has 0 unspecified atom stereocenters. The Morgan fingerprint density at radius 2 is 1.97 bits per heavy atom. The first kappa shape index (κ1) is 24.4. The molecule has 10 heteroatoms. The highest BCUT2D eigenvalue weighted by molar-refractivity contribution is 7.92. The van der Waals surface area contributed by atoms with E-state index in [-0.39, 0.29) is 17.0 Å². The molecule has 1 amide bonds. The van der Waals surface area contributed by atoms with Gasteiger partial charge in [-0.15, -0.1) is 16.8 Å². The number of hydrogen-bond acceptors (Lipinski definition) is 7. The maximum atomic E-state index is 13.5. The van der Waals surface area contributed by atoms with Crippen LogP contribution in [0.3, 0.4) is 0 Å². The predicted molar refractivity (Wildman–Crippen MR) is 131 cm³/mol. The Morgan fingerprint density at radius 3 is 2.67 bits per heavy atom. The first-order valence-corrected chi connectivity index (χ1v) is 12.5. The first-order chi connectivity index (χ1) is 15.8. The van der Waals surface area contributed by atoms with Crippen LogP contribution >= 0.6 is 11.3 Å². The Morgan fingerprint density at radius 1 is 1.21 bits per heavy atom. The number of aromatic nitrogens is 2. The molecule has 0 fully saturated rings. The Bertz CT molecular complexity index is 1240. The summed E-state index contributed by atoms with van der Waals surface area (Å²) in [6.07, 6.45) is 2.26. The van der Waals surface area contributed by atoms with Crippen LogP contribution in [0.2, 0.25) is 0 Å². The molecule has 0 aliphatic rings. The zero-order valence-electron chi connectivity index (χ0n) is 18.7. The highest BCUT2D eigenvalue weighted by Crippen LogP contribution is 2.32. The number of ether oxygens (including phenoxy) is 1. The van der Waals surface area contributed by atoms with Gasteiger partial charge < -0.3 is 4.74 Å². The molecular weight excluding hydrogens is 460 g/mol. The highest BCUT2D eigenvalue weighted by Gasteiger charge is 2.27. The van der Waals surface area contributed by atoms with Gasteiger partial charge in [0.25, 0.3) is 15.9 Å². The van der Waals surface area contributed by atoms with Gasteiger partial charge in [-0.05, 0) is 36.2 Å². The zero-order valence-corrected chi connectivity index (χ0v) is 20.3. The lowest BCUT2D eigenvalue weighted by Crippen LogP contribution is -2.31. The lowest BCUT2D eigenvalue weighted by Gasteiger charge is -2.25. The van der Waals surface area contributed by atoms with Gasteiger partial charge in [-0.25, -0.2) is 8.42 Å². The van der Waals surface area contributed by atoms with E-state index < -0.39 is 15.9 Å². The highest BCUT2D eigenvalue weighted by atomic mass is 32.2. The van der Waals surface area contributed by atoms with Gasteiger partial charge in [-0.3, -0.25) is 14.4 Å². The van der Waals surface area contributed by atoms with E-state index in [1.807, 2.05) is 0 Å². The Balaban J connectivity index is 1.89. The minimum atomic E-state index is -4.01. The standard InChI is InChI=1S/C23H26N4O4S2/c1-5-13-27(19-11-6-7-12-20(19)31-4)33(29,30)18-10-8-9-17(15-18)22(28)24-23-26-25-21(32-23)14-16(2)3/h5-12,15-16H,1,13-14H2,2-4H3,(H,24,26,28). The largest absolute Gasteiger partial charge is 0.495 e. The number of benzene rings is 2. The maximum absolute atomic E-state index is 13.5. The SMILES string of the molecule is C=CCN(c1ccccc1OC)S(=O)(=O)c1cccc(C(=O)Nc2nnc(CC(C)C)s2)c1. The monoisotopic (exact) mass is 486 g/mol. The number of amides is 1. The summed E-state index contributed by atoms with van der Waals surface area (Å²) in [5.74, 6) is 0.363. The summed E-state index contributed by atoms with van der Waals surface area (Å²) in [4.78, 5) is 12.7. The molecule has 3 rings (SSSR count). The molecule has 0 aliphatic heterocycles. The number of para-hydroxylation sites is 2. The number of nitrogens with zero attached hydrogens (tertiary/aromatic N) is 3. The van der Waals surface area contributed by atoms with Crippen LogP contribution in [0.4, 0.5) is 10.8 Å². The van der Waals surface area contributed by atoms with Gasteiger partial charge in [0.2, 0.25) is 5.13 Å². The van der Waals surface area contributed by atoms with Crippen LogP contribution in [-0.2, 0) is 16.4 Å². The number of anilines is 2. The number of hydrogen-bond donors (Lipinski definition) is 1. The molecule has 3 aromatic rings. The molecule has 2 aromatic carbocycles. The molecule has 0 spiro atoms. The van der Waals surface area contributed by atoms with Crippen molar-refractivity contribution in [2.24, 2.45) is 5.92 Å². The number of carbonyl (C=O) groups excluding carboxylic acids is 1. The van der Waals surface area contributed by atoms with Gasteiger partial charge in [0, 0.05) is 12.0 Å². The number of carbonyl (C=O) groups is 1. The van der Waals surface area contributed by atoms with E-state index in [1.165, 1.54) is 47.0 Å². The zero-order chi connectivity index (χ0) is 24.0. The van der Waals surface area contributed by atoms with Crippen LogP contribution in [0.5, 0.6) is 5.75 Å². The van der Waals surface area contributed by atoms with Crippen molar-refractivity contribution in [1.82, 2.24) is 10.2 Å². The van der Waals surface area contributed by atoms with E-state index in [0.29, 0.717) is 22.5 Å². The summed E-state index contributed by atoms with van der Waals surface area (Å²) in [7, 11) is -2.54. The third kappa shape index (κ3) is 5.77. The average molecular weight is 487 g/mol. The fourth-order valence-corrected chi connectivity index (χ4v) is 5.55. The van der Waals surface area contributed by atoms with Crippen LogP contribution < -0.4 is 14.4 Å². The van der Waals surface area contributed by atoms with Crippen LogP contribution in [0.1, 0.15) is 29.2 Å². The van der Waals surface area contributed by atoms with Crippen molar-refractivity contribution in [3.05, 3.63) is 71.8 Å². The second kappa shape index (κ2) is 10.6. The second-order valence-electron chi connectivity index (χ2n) is 7.58. The normalized spacial score (nSPS) is 11.3. The lowest BCUT2D eigenvalue weighted by molar-refractivity contribution is 0.102. The van der Waals surface area contributed by atoms with Crippen LogP contribution in [0.15, 0.2) is 66.1 Å². The van der Waals surface area contributed by atoms with E-state index in [1.54, 1.807) is 30.3 Å². The van der Waals surface area contributed by atoms with Gasteiger partial charge in [-0.2, -0.15) is 0 Å². The van der Waals surface area contributed by atoms with E-state index in [9.17, 15) is 13.2 Å². The summed E-state index contributed by atoms with van der Waals surface area (Å²) in [5, 5.41) is 12.0. The summed E-state index contributed by atoms with van der Waals surface area (Å²) in [6, 6.07) is 12.7. The van der Waals surface area contributed by atoms with E-state index in [2.05, 4.69) is 35.9 Å². The number of sulfonamides is 1. The topological polar surface area (TPSA) is 101 Å². The molecule has 8 nitrogen and oxygen atoms in total. The van der Waals surface area contributed by atoms with Crippen LogP contribution in [-0.4, -0.2) is 38.2 Å². The molecule has 1 aromatic heterocycles. The van der Waals surface area contributed by atoms with Crippen molar-refractivity contribution < 1.29 is 17.9 Å². The summed E-state index contributed by atoms with van der Waals surface area (Å²) >= 11 is 1.30. The fourth-order valence-electron chi connectivity index (χ4n) is 3.11. The van der Waals surface area contributed by atoms with Crippen molar-refractivity contribution >= 4 is 38.1 Å².